The Balaban J connectivity index is 2.34. The van der Waals surface area contributed by atoms with Gasteiger partial charge in [0.05, 0.1) is 30.0 Å². The number of aliphatic hydroxyl groups excluding tert-OH is 4. The maximum absolute atomic E-state index is 10.0. The van der Waals surface area contributed by atoms with Gasteiger partial charge < -0.3 is 30.8 Å². The highest BCUT2D eigenvalue weighted by Gasteiger charge is 2.62. The van der Waals surface area contributed by atoms with Crippen molar-refractivity contribution in [1.29, 1.82) is 0 Å². The lowest BCUT2D eigenvalue weighted by Crippen LogP contribution is -2.65. The van der Waals surface area contributed by atoms with Crippen LogP contribution in [-0.2, 0) is 0 Å². The minimum Gasteiger partial charge on any atom is -0.394 e. The average Bonchev–Trinajstić information content (AvgIpc) is 2.39. The van der Waals surface area contributed by atoms with Gasteiger partial charge in [0.25, 0.3) is 0 Å². The number of piperidine rings is 1. The fourth-order valence-corrected chi connectivity index (χ4v) is 3.12. The smallest absolute Gasteiger partial charge is 0.102 e. The van der Waals surface area contributed by atoms with Gasteiger partial charge in [-0.2, -0.15) is 0 Å². The van der Waals surface area contributed by atoms with Crippen LogP contribution in [0.3, 0.4) is 0 Å². The molecule has 6 N–H and O–H groups in total. The summed E-state index contributed by atoms with van der Waals surface area (Å²) in [5.74, 6) is 0. The summed E-state index contributed by atoms with van der Waals surface area (Å²) in [6.45, 7) is 1.07. The Labute approximate surface area is 93.5 Å². The van der Waals surface area contributed by atoms with Crippen molar-refractivity contribution in [2.75, 3.05) is 6.61 Å². The van der Waals surface area contributed by atoms with Gasteiger partial charge in [0.2, 0.25) is 0 Å². The molecule has 6 heteroatoms. The van der Waals surface area contributed by atoms with Crippen LogP contribution in [0.1, 0.15) is 19.8 Å². The van der Waals surface area contributed by atoms with Gasteiger partial charge in [-0.1, -0.05) is 0 Å². The molecular formula is C10H19NO5. The lowest BCUT2D eigenvalue weighted by Gasteiger charge is -2.45. The Morgan fingerprint density at radius 1 is 1.44 bits per heavy atom. The van der Waals surface area contributed by atoms with Crippen molar-refractivity contribution in [3.63, 3.8) is 0 Å². The fraction of sp³-hybridized carbons (Fsp3) is 1.00. The maximum atomic E-state index is 10.0. The molecule has 0 spiro atoms. The van der Waals surface area contributed by atoms with E-state index in [4.69, 9.17) is 5.11 Å². The van der Waals surface area contributed by atoms with Crippen molar-refractivity contribution in [2.45, 2.75) is 55.3 Å². The van der Waals surface area contributed by atoms with E-state index >= 15 is 0 Å². The van der Waals surface area contributed by atoms with Crippen molar-refractivity contribution in [3.05, 3.63) is 0 Å². The SMILES string of the molecule is C[C@@]1(O)C[C@H]2N[C@@](C(O)CO)(C1)[C@H](O)[C@@H]2O. The second-order valence-electron chi connectivity index (χ2n) is 5.30. The van der Waals surface area contributed by atoms with Gasteiger partial charge in [0.1, 0.15) is 6.10 Å². The van der Waals surface area contributed by atoms with E-state index < -0.39 is 42.1 Å². The third kappa shape index (κ3) is 1.57. The second kappa shape index (κ2) is 3.63. The number of hydrogen-bond donors (Lipinski definition) is 6. The van der Waals surface area contributed by atoms with E-state index in [1.807, 2.05) is 0 Å². The summed E-state index contributed by atoms with van der Waals surface area (Å²) < 4.78 is 0. The van der Waals surface area contributed by atoms with Crippen molar-refractivity contribution < 1.29 is 25.5 Å². The first-order valence-electron chi connectivity index (χ1n) is 5.47. The normalized spacial score (nSPS) is 54.0. The molecule has 2 aliphatic rings. The Kier molecular flexibility index (Phi) is 2.77. The Bertz CT molecular complexity index is 284. The lowest BCUT2D eigenvalue weighted by molar-refractivity contribution is -0.0960. The van der Waals surface area contributed by atoms with Crippen LogP contribution in [-0.4, -0.2) is 67.6 Å². The molecule has 2 saturated heterocycles. The van der Waals surface area contributed by atoms with Crippen LogP contribution >= 0.6 is 0 Å². The van der Waals surface area contributed by atoms with Crippen LogP contribution in [0.4, 0.5) is 0 Å². The molecule has 2 aliphatic heterocycles. The van der Waals surface area contributed by atoms with Crippen LogP contribution in [0.5, 0.6) is 0 Å². The molecule has 94 valence electrons. The third-order valence-corrected chi connectivity index (χ3v) is 3.82. The second-order valence-corrected chi connectivity index (χ2v) is 5.30. The Morgan fingerprint density at radius 3 is 2.62 bits per heavy atom. The van der Waals surface area contributed by atoms with Gasteiger partial charge in [-0.25, -0.2) is 0 Å². The first kappa shape index (κ1) is 12.2. The molecule has 2 bridgehead atoms. The molecule has 0 aromatic rings. The molecule has 0 aromatic carbocycles. The molecule has 0 aromatic heterocycles. The van der Waals surface area contributed by atoms with Gasteiger partial charge >= 0.3 is 0 Å². The number of rotatable bonds is 2. The van der Waals surface area contributed by atoms with Crippen molar-refractivity contribution >= 4 is 0 Å². The summed E-state index contributed by atoms with van der Waals surface area (Å²) >= 11 is 0. The molecule has 2 rings (SSSR count). The molecule has 16 heavy (non-hydrogen) atoms. The predicted molar refractivity (Wildman–Crippen MR) is 54.6 cm³/mol. The van der Waals surface area contributed by atoms with Gasteiger partial charge in [-0.3, -0.25) is 0 Å². The van der Waals surface area contributed by atoms with E-state index in [-0.39, 0.29) is 6.42 Å². The molecule has 1 unspecified atom stereocenters. The monoisotopic (exact) mass is 233 g/mol. The number of fused-ring (bicyclic) bond motifs is 2. The van der Waals surface area contributed by atoms with Crippen LogP contribution in [0.2, 0.25) is 0 Å². The van der Waals surface area contributed by atoms with Gasteiger partial charge in [-0.05, 0) is 19.8 Å². The van der Waals surface area contributed by atoms with Crippen LogP contribution in [0.15, 0.2) is 0 Å². The van der Waals surface area contributed by atoms with Crippen molar-refractivity contribution in [1.82, 2.24) is 5.32 Å². The van der Waals surface area contributed by atoms with E-state index in [2.05, 4.69) is 5.32 Å². The third-order valence-electron chi connectivity index (χ3n) is 3.82. The standard InChI is InChI=1S/C10H19NO5/c1-9(16)2-5-7(14)8(15)10(4-9,11-5)6(13)3-12/h5-8,11-16H,2-4H2,1H3/t5-,6?,7-,8-,9-,10-/m1/s1. The minimum absolute atomic E-state index is 0.0937. The van der Waals surface area contributed by atoms with Gasteiger partial charge in [-0.15, -0.1) is 0 Å². The van der Waals surface area contributed by atoms with Crippen LogP contribution in [0, 0.1) is 0 Å². The molecule has 2 fully saturated rings. The Hall–Kier alpha value is -0.240. The maximum Gasteiger partial charge on any atom is 0.102 e. The summed E-state index contributed by atoms with van der Waals surface area (Å²) in [7, 11) is 0. The first-order valence-corrected chi connectivity index (χ1v) is 5.47. The van der Waals surface area contributed by atoms with E-state index in [1.54, 1.807) is 6.92 Å². The summed E-state index contributed by atoms with van der Waals surface area (Å²) in [5, 5.41) is 51.5. The zero-order chi connectivity index (χ0) is 12.1. The van der Waals surface area contributed by atoms with Gasteiger partial charge in [0, 0.05) is 6.04 Å². The summed E-state index contributed by atoms with van der Waals surface area (Å²) in [6.07, 6.45) is -3.03. The minimum atomic E-state index is -1.22. The van der Waals surface area contributed by atoms with Gasteiger partial charge in [0.15, 0.2) is 0 Å². The molecule has 6 atom stereocenters. The molecule has 2 heterocycles. The van der Waals surface area contributed by atoms with Crippen LogP contribution < -0.4 is 5.32 Å². The quantitative estimate of drug-likeness (QED) is 0.310. The highest BCUT2D eigenvalue weighted by molar-refractivity contribution is 5.19. The van der Waals surface area contributed by atoms with Crippen molar-refractivity contribution in [2.24, 2.45) is 0 Å². The molecule has 0 radical (unpaired) electrons. The fourth-order valence-electron chi connectivity index (χ4n) is 3.12. The highest BCUT2D eigenvalue weighted by Crippen LogP contribution is 2.42. The zero-order valence-electron chi connectivity index (χ0n) is 9.17. The summed E-state index contributed by atoms with van der Waals surface area (Å²) in [4.78, 5) is 0. The topological polar surface area (TPSA) is 113 Å². The van der Waals surface area contributed by atoms with Crippen LogP contribution in [0.25, 0.3) is 0 Å². The number of hydrogen-bond acceptors (Lipinski definition) is 6. The van der Waals surface area contributed by atoms with E-state index in [0.29, 0.717) is 6.42 Å². The zero-order valence-corrected chi connectivity index (χ0v) is 9.17. The highest BCUT2D eigenvalue weighted by atomic mass is 16.4. The number of aliphatic hydroxyl groups is 5. The van der Waals surface area contributed by atoms with Crippen molar-refractivity contribution in [3.8, 4) is 0 Å². The van der Waals surface area contributed by atoms with E-state index in [9.17, 15) is 20.4 Å². The molecule has 0 aliphatic carbocycles. The molecule has 6 nitrogen and oxygen atoms in total. The molecule has 0 saturated carbocycles. The average molecular weight is 233 g/mol. The predicted octanol–water partition coefficient (Wildman–Crippen LogP) is -2.68. The Morgan fingerprint density at radius 2 is 2.06 bits per heavy atom. The molecule has 0 amide bonds. The lowest BCUT2D eigenvalue weighted by atomic mass is 9.77. The molecular weight excluding hydrogens is 214 g/mol. The van der Waals surface area contributed by atoms with E-state index in [0.717, 1.165) is 0 Å². The first-order chi connectivity index (χ1) is 7.32. The number of nitrogens with one attached hydrogen (secondary N) is 1. The summed E-state index contributed by atoms with van der Waals surface area (Å²) in [6, 6.07) is -0.458. The van der Waals surface area contributed by atoms with E-state index in [1.165, 1.54) is 0 Å². The largest absolute Gasteiger partial charge is 0.394 e. The summed E-state index contributed by atoms with van der Waals surface area (Å²) in [5.41, 5.74) is -2.29.